The maximum Gasteiger partial charge on any atom is 0.416 e. The van der Waals surface area contributed by atoms with E-state index in [-0.39, 0.29) is 6.04 Å². The van der Waals surface area contributed by atoms with Gasteiger partial charge in [0.2, 0.25) is 0 Å². The lowest BCUT2D eigenvalue weighted by atomic mass is 9.98. The molecule has 0 unspecified atom stereocenters. The Kier molecular flexibility index (Phi) is 7.49. The van der Waals surface area contributed by atoms with Crippen LogP contribution >= 0.6 is 11.8 Å². The summed E-state index contributed by atoms with van der Waals surface area (Å²) in [5.41, 5.74) is 3.39. The summed E-state index contributed by atoms with van der Waals surface area (Å²) in [4.78, 5) is 6.49. The number of hydrogen-bond donors (Lipinski definition) is 1. The minimum Gasteiger partial charge on any atom is -0.382 e. The number of nitrogens with zero attached hydrogens (tertiary/aromatic N) is 2. The summed E-state index contributed by atoms with van der Waals surface area (Å²) in [6.45, 7) is 11.3. The monoisotopic (exact) mass is 477 g/mol. The average Bonchev–Trinajstić information content (AvgIpc) is 2.79. The molecular formula is C26H34F3N3S. The van der Waals surface area contributed by atoms with Gasteiger partial charge < -0.3 is 15.1 Å². The van der Waals surface area contributed by atoms with E-state index in [9.17, 15) is 13.2 Å². The number of rotatable bonds is 7. The van der Waals surface area contributed by atoms with Crippen LogP contribution in [0.3, 0.4) is 0 Å². The molecule has 4 rings (SSSR count). The number of piperidine rings is 1. The van der Waals surface area contributed by atoms with Crippen LogP contribution in [0.1, 0.15) is 56.7 Å². The van der Waals surface area contributed by atoms with E-state index in [0.717, 1.165) is 73.0 Å². The van der Waals surface area contributed by atoms with Crippen LogP contribution in [0.4, 0.5) is 24.5 Å². The average molecular weight is 478 g/mol. The van der Waals surface area contributed by atoms with Gasteiger partial charge in [0.05, 0.1) is 5.56 Å². The second kappa shape index (κ2) is 10.2. The third-order valence-electron chi connectivity index (χ3n) is 6.79. The van der Waals surface area contributed by atoms with E-state index in [1.165, 1.54) is 29.5 Å². The van der Waals surface area contributed by atoms with Crippen molar-refractivity contribution in [3.8, 4) is 0 Å². The predicted octanol–water partition coefficient (Wildman–Crippen LogP) is 6.89. The molecule has 2 heterocycles. The number of hydrogen-bond acceptors (Lipinski definition) is 4. The number of fused-ring (bicyclic) bond motifs is 2. The lowest BCUT2D eigenvalue weighted by molar-refractivity contribution is -0.137. The van der Waals surface area contributed by atoms with Crippen LogP contribution in [-0.4, -0.2) is 43.7 Å². The van der Waals surface area contributed by atoms with Crippen LogP contribution in [0.15, 0.2) is 40.1 Å². The number of likely N-dealkylation sites (tertiary alicyclic amines) is 1. The summed E-state index contributed by atoms with van der Waals surface area (Å²) in [6.07, 6.45) is -0.652. The van der Waals surface area contributed by atoms with Gasteiger partial charge in [0, 0.05) is 59.8 Å². The number of halogens is 3. The van der Waals surface area contributed by atoms with E-state index >= 15 is 0 Å². The lowest BCUT2D eigenvalue weighted by Gasteiger charge is -2.34. The molecule has 33 heavy (non-hydrogen) atoms. The maximum atomic E-state index is 13.8. The molecule has 0 aliphatic carbocycles. The predicted molar refractivity (Wildman–Crippen MR) is 132 cm³/mol. The van der Waals surface area contributed by atoms with Crippen molar-refractivity contribution in [2.24, 2.45) is 0 Å². The van der Waals surface area contributed by atoms with Crippen molar-refractivity contribution in [3.63, 3.8) is 0 Å². The summed E-state index contributed by atoms with van der Waals surface area (Å²) in [7, 11) is 0. The summed E-state index contributed by atoms with van der Waals surface area (Å²) >= 11 is 1.47. The molecule has 2 aliphatic heterocycles. The first kappa shape index (κ1) is 24.3. The summed E-state index contributed by atoms with van der Waals surface area (Å²) < 4.78 is 41.3. The minimum atomic E-state index is -4.36. The standard InChI is InChI=1S/C26H34F3N3S/c1-4-11-31-12-9-20(10-13-31)30-23-15-19(26(27,28)29)16-25-22(23)14-18-7-8-21(17-24(18)33-25)32(5-2)6-3/h7-8,15-17,20,30H,4-6,9-14H2,1-3H3. The molecule has 0 bridgehead atoms. The summed E-state index contributed by atoms with van der Waals surface area (Å²) in [5, 5.41) is 3.51. The topological polar surface area (TPSA) is 18.5 Å². The van der Waals surface area contributed by atoms with Crippen molar-refractivity contribution in [3.05, 3.63) is 47.0 Å². The molecule has 0 atom stereocenters. The molecule has 3 nitrogen and oxygen atoms in total. The maximum absolute atomic E-state index is 13.8. The van der Waals surface area contributed by atoms with Gasteiger partial charge in [-0.25, -0.2) is 0 Å². The van der Waals surface area contributed by atoms with Gasteiger partial charge in [-0.2, -0.15) is 13.2 Å². The zero-order valence-corrected chi connectivity index (χ0v) is 20.6. The Morgan fingerprint density at radius 3 is 2.39 bits per heavy atom. The first-order valence-electron chi connectivity index (χ1n) is 12.1. The number of anilines is 2. The van der Waals surface area contributed by atoms with Crippen molar-refractivity contribution in [2.45, 2.75) is 68.5 Å². The SMILES string of the molecule is CCCN1CCC(Nc2cc(C(F)(F)F)cc3c2Cc2ccc(N(CC)CC)cc2S3)CC1. The highest BCUT2D eigenvalue weighted by molar-refractivity contribution is 7.99. The quantitative estimate of drug-likeness (QED) is 0.399. The van der Waals surface area contributed by atoms with Crippen LogP contribution in [0.25, 0.3) is 0 Å². The highest BCUT2D eigenvalue weighted by Crippen LogP contribution is 2.46. The van der Waals surface area contributed by atoms with E-state index in [1.54, 1.807) is 0 Å². The zero-order valence-electron chi connectivity index (χ0n) is 19.8. The van der Waals surface area contributed by atoms with Crippen molar-refractivity contribution in [1.29, 1.82) is 0 Å². The van der Waals surface area contributed by atoms with E-state index in [1.807, 2.05) is 0 Å². The van der Waals surface area contributed by atoms with Gasteiger partial charge in [-0.3, -0.25) is 0 Å². The third kappa shape index (κ3) is 5.46. The molecule has 1 N–H and O–H groups in total. The van der Waals surface area contributed by atoms with Gasteiger partial charge in [-0.1, -0.05) is 24.8 Å². The van der Waals surface area contributed by atoms with E-state index in [0.29, 0.717) is 12.1 Å². The van der Waals surface area contributed by atoms with E-state index in [2.05, 4.69) is 54.1 Å². The molecule has 0 aromatic heterocycles. The van der Waals surface area contributed by atoms with Gasteiger partial charge in [0.15, 0.2) is 0 Å². The Hall–Kier alpha value is -1.86. The van der Waals surface area contributed by atoms with Crippen molar-refractivity contribution < 1.29 is 13.2 Å². The molecule has 2 aromatic rings. The minimum absolute atomic E-state index is 0.210. The molecule has 7 heteroatoms. The molecule has 0 saturated carbocycles. The third-order valence-corrected chi connectivity index (χ3v) is 7.97. The highest BCUT2D eigenvalue weighted by atomic mass is 32.2. The fourth-order valence-corrected chi connectivity index (χ4v) is 6.11. The summed E-state index contributed by atoms with van der Waals surface area (Å²) in [6, 6.07) is 9.28. The van der Waals surface area contributed by atoms with Crippen LogP contribution in [0.2, 0.25) is 0 Å². The zero-order chi connectivity index (χ0) is 23.6. The number of benzene rings is 2. The van der Waals surface area contributed by atoms with Crippen LogP contribution < -0.4 is 10.2 Å². The molecular weight excluding hydrogens is 443 g/mol. The highest BCUT2D eigenvalue weighted by Gasteiger charge is 2.34. The molecule has 1 fully saturated rings. The van der Waals surface area contributed by atoms with Gasteiger partial charge in [-0.05, 0) is 75.0 Å². The second-order valence-corrected chi connectivity index (χ2v) is 10.1. The van der Waals surface area contributed by atoms with Crippen LogP contribution in [0, 0.1) is 0 Å². The fourth-order valence-electron chi connectivity index (χ4n) is 4.93. The fraction of sp³-hybridized carbons (Fsp3) is 0.538. The van der Waals surface area contributed by atoms with Crippen molar-refractivity contribution in [1.82, 2.24) is 4.90 Å². The van der Waals surface area contributed by atoms with Crippen molar-refractivity contribution in [2.75, 3.05) is 42.9 Å². The Morgan fingerprint density at radius 2 is 1.76 bits per heavy atom. The second-order valence-electron chi connectivity index (χ2n) is 9.00. The molecule has 0 radical (unpaired) electrons. The Bertz CT molecular complexity index is 964. The largest absolute Gasteiger partial charge is 0.416 e. The van der Waals surface area contributed by atoms with E-state index in [4.69, 9.17) is 0 Å². The summed E-state index contributed by atoms with van der Waals surface area (Å²) in [5.74, 6) is 0. The Morgan fingerprint density at radius 1 is 1.03 bits per heavy atom. The molecule has 1 saturated heterocycles. The number of alkyl halides is 3. The van der Waals surface area contributed by atoms with Crippen LogP contribution in [-0.2, 0) is 12.6 Å². The van der Waals surface area contributed by atoms with Gasteiger partial charge in [0.1, 0.15) is 0 Å². The lowest BCUT2D eigenvalue weighted by Crippen LogP contribution is -2.39. The molecule has 0 spiro atoms. The molecule has 2 aliphatic rings. The molecule has 0 amide bonds. The van der Waals surface area contributed by atoms with Crippen molar-refractivity contribution >= 4 is 23.1 Å². The Labute approximate surface area is 199 Å². The Balaban J connectivity index is 1.62. The smallest absolute Gasteiger partial charge is 0.382 e. The van der Waals surface area contributed by atoms with Gasteiger partial charge in [-0.15, -0.1) is 0 Å². The normalized spacial score (nSPS) is 16.9. The van der Waals surface area contributed by atoms with Gasteiger partial charge >= 0.3 is 6.18 Å². The number of nitrogens with one attached hydrogen (secondary N) is 1. The first-order valence-corrected chi connectivity index (χ1v) is 12.9. The molecule has 2 aromatic carbocycles. The van der Waals surface area contributed by atoms with Gasteiger partial charge in [0.25, 0.3) is 0 Å². The molecule has 180 valence electrons. The van der Waals surface area contributed by atoms with Crippen LogP contribution in [0.5, 0.6) is 0 Å². The first-order chi connectivity index (χ1) is 15.8. The van der Waals surface area contributed by atoms with E-state index < -0.39 is 11.7 Å².